The first-order valence-corrected chi connectivity index (χ1v) is 13.2. The van der Waals surface area contributed by atoms with E-state index in [4.69, 9.17) is 32.9 Å². The molecule has 0 atom stereocenters. The largest absolute Gasteiger partial charge is 0.488 e. The maximum Gasteiger partial charge on any atom is 0.272 e. The fourth-order valence-electron chi connectivity index (χ4n) is 3.85. The Balaban J connectivity index is 1.29. The average molecular weight is 605 g/mol. The van der Waals surface area contributed by atoms with Gasteiger partial charge in [0.15, 0.2) is 0 Å². The van der Waals surface area contributed by atoms with Crippen LogP contribution >= 0.6 is 39.1 Å². The summed E-state index contributed by atoms with van der Waals surface area (Å²) < 4.78 is 6.64. The third-order valence-corrected chi connectivity index (χ3v) is 7.10. The summed E-state index contributed by atoms with van der Waals surface area (Å²) in [7, 11) is 0. The molecule has 0 fully saturated rings. The highest BCUT2D eigenvalue weighted by atomic mass is 79.9. The number of halogens is 3. The van der Waals surface area contributed by atoms with Crippen LogP contribution in [0, 0.1) is 0 Å². The van der Waals surface area contributed by atoms with E-state index in [1.807, 2.05) is 78.9 Å². The lowest BCUT2D eigenvalue weighted by Gasteiger charge is -2.10. The van der Waals surface area contributed by atoms with Gasteiger partial charge in [-0.3, -0.25) is 4.79 Å². The van der Waals surface area contributed by atoms with Crippen LogP contribution in [0.5, 0.6) is 5.75 Å². The van der Waals surface area contributed by atoms with Gasteiger partial charge in [0, 0.05) is 10.9 Å². The number of carbonyl (C=O) groups is 1. The van der Waals surface area contributed by atoms with E-state index in [1.54, 1.807) is 24.4 Å². The van der Waals surface area contributed by atoms with Crippen LogP contribution in [0.1, 0.15) is 21.5 Å². The molecule has 1 heterocycles. The predicted molar refractivity (Wildman–Crippen MR) is 157 cm³/mol. The Labute approximate surface area is 238 Å². The Hall–Kier alpha value is -3.71. The highest BCUT2D eigenvalue weighted by Crippen LogP contribution is 2.28. The van der Waals surface area contributed by atoms with Crippen molar-refractivity contribution in [2.75, 3.05) is 0 Å². The number of nitrogens with one attached hydrogen (secondary N) is 1. The SMILES string of the molecule is O=C(N/N=C/c1ccc(OCc2ccc(Cl)c(Cl)c2)c(Br)c1)c1cc(-c2ccccc2)nc2ccccc12. The molecule has 0 radical (unpaired) electrons. The molecule has 0 spiro atoms. The molecular weight excluding hydrogens is 585 g/mol. The normalized spacial score (nSPS) is 11.1. The van der Waals surface area contributed by atoms with Crippen molar-refractivity contribution in [3.05, 3.63) is 128 Å². The molecule has 4 aromatic carbocycles. The predicted octanol–water partition coefficient (Wildman–Crippen LogP) is 8.31. The zero-order chi connectivity index (χ0) is 26.5. The average Bonchev–Trinajstić information content (AvgIpc) is 2.94. The first-order valence-electron chi connectivity index (χ1n) is 11.6. The monoisotopic (exact) mass is 603 g/mol. The number of hydrazone groups is 1. The molecule has 0 aliphatic heterocycles. The van der Waals surface area contributed by atoms with Gasteiger partial charge in [-0.15, -0.1) is 0 Å². The maximum atomic E-state index is 13.1. The van der Waals surface area contributed by atoms with Crippen LogP contribution in [0.25, 0.3) is 22.2 Å². The number of rotatable bonds is 7. The number of aromatic nitrogens is 1. The molecular formula is C30H20BrCl2N3O2. The number of amides is 1. The minimum absolute atomic E-state index is 0.322. The van der Waals surface area contributed by atoms with Gasteiger partial charge < -0.3 is 4.74 Å². The van der Waals surface area contributed by atoms with Crippen molar-refractivity contribution in [1.29, 1.82) is 0 Å². The zero-order valence-corrected chi connectivity index (χ0v) is 23.0. The summed E-state index contributed by atoms with van der Waals surface area (Å²) in [6.45, 7) is 0.337. The minimum atomic E-state index is -0.322. The van der Waals surface area contributed by atoms with E-state index in [2.05, 4.69) is 26.5 Å². The van der Waals surface area contributed by atoms with Crippen molar-refractivity contribution in [3.63, 3.8) is 0 Å². The van der Waals surface area contributed by atoms with Gasteiger partial charge in [-0.2, -0.15) is 5.10 Å². The van der Waals surface area contributed by atoms with Gasteiger partial charge in [-0.25, -0.2) is 10.4 Å². The van der Waals surface area contributed by atoms with E-state index >= 15 is 0 Å². The molecule has 5 rings (SSSR count). The number of fused-ring (bicyclic) bond motifs is 1. The number of benzene rings is 4. The topological polar surface area (TPSA) is 63.6 Å². The van der Waals surface area contributed by atoms with Crippen molar-refractivity contribution in [2.24, 2.45) is 5.10 Å². The Morgan fingerprint density at radius 2 is 1.71 bits per heavy atom. The van der Waals surface area contributed by atoms with E-state index in [9.17, 15) is 4.79 Å². The number of nitrogens with zero attached hydrogens (tertiary/aromatic N) is 2. The Morgan fingerprint density at radius 1 is 0.921 bits per heavy atom. The van der Waals surface area contributed by atoms with Gasteiger partial charge in [0.25, 0.3) is 5.91 Å². The highest BCUT2D eigenvalue weighted by Gasteiger charge is 2.13. The zero-order valence-electron chi connectivity index (χ0n) is 19.9. The lowest BCUT2D eigenvalue weighted by molar-refractivity contribution is 0.0956. The Bertz CT molecular complexity index is 1660. The number of hydrogen-bond donors (Lipinski definition) is 1. The molecule has 0 aliphatic rings. The molecule has 5 aromatic rings. The van der Waals surface area contributed by atoms with Crippen LogP contribution in [0.3, 0.4) is 0 Å². The number of pyridine rings is 1. The lowest BCUT2D eigenvalue weighted by atomic mass is 10.0. The second kappa shape index (κ2) is 11.8. The fraction of sp³-hybridized carbons (Fsp3) is 0.0333. The molecule has 1 aromatic heterocycles. The third kappa shape index (κ3) is 6.05. The van der Waals surface area contributed by atoms with Gasteiger partial charge in [0.1, 0.15) is 12.4 Å². The Kier molecular flexibility index (Phi) is 8.03. The van der Waals surface area contributed by atoms with E-state index in [1.165, 1.54) is 0 Å². The van der Waals surface area contributed by atoms with Crippen LogP contribution < -0.4 is 10.2 Å². The van der Waals surface area contributed by atoms with E-state index in [0.29, 0.717) is 28.0 Å². The van der Waals surface area contributed by atoms with Crippen molar-refractivity contribution in [2.45, 2.75) is 6.61 Å². The van der Waals surface area contributed by atoms with Gasteiger partial charge >= 0.3 is 0 Å². The summed E-state index contributed by atoms with van der Waals surface area (Å²) in [6.07, 6.45) is 1.58. The minimum Gasteiger partial charge on any atom is -0.488 e. The number of para-hydroxylation sites is 1. The van der Waals surface area contributed by atoms with Gasteiger partial charge in [-0.1, -0.05) is 77.8 Å². The molecule has 1 N–H and O–H groups in total. The molecule has 8 heteroatoms. The Morgan fingerprint density at radius 3 is 2.50 bits per heavy atom. The highest BCUT2D eigenvalue weighted by molar-refractivity contribution is 9.10. The number of carbonyl (C=O) groups excluding carboxylic acids is 1. The van der Waals surface area contributed by atoms with E-state index in [-0.39, 0.29) is 5.91 Å². The number of hydrogen-bond acceptors (Lipinski definition) is 4. The number of ether oxygens (including phenoxy) is 1. The summed E-state index contributed by atoms with van der Waals surface area (Å²) in [4.78, 5) is 17.8. The molecule has 0 unspecified atom stereocenters. The van der Waals surface area contributed by atoms with Crippen LogP contribution in [0.4, 0.5) is 0 Å². The van der Waals surface area contributed by atoms with Gasteiger partial charge in [0.2, 0.25) is 0 Å². The standard InChI is InChI=1S/C30H20BrCl2N3O2/c31-24-14-19(11-13-29(24)38-18-20-10-12-25(32)26(33)15-20)17-34-36-30(37)23-16-28(21-6-2-1-3-7-21)35-27-9-5-4-8-22(23)27/h1-17H,18H2,(H,36,37)/b34-17+. The molecule has 5 nitrogen and oxygen atoms in total. The summed E-state index contributed by atoms with van der Waals surface area (Å²) in [6, 6.07) is 30.0. The summed E-state index contributed by atoms with van der Waals surface area (Å²) in [5.41, 5.74) is 7.22. The smallest absolute Gasteiger partial charge is 0.272 e. The van der Waals surface area contributed by atoms with Crippen LogP contribution in [-0.2, 0) is 6.61 Å². The first kappa shape index (κ1) is 25.9. The molecule has 0 saturated heterocycles. The quantitative estimate of drug-likeness (QED) is 0.150. The maximum absolute atomic E-state index is 13.1. The van der Waals surface area contributed by atoms with E-state index in [0.717, 1.165) is 37.8 Å². The molecule has 188 valence electrons. The van der Waals surface area contributed by atoms with Crippen molar-refractivity contribution < 1.29 is 9.53 Å². The third-order valence-electron chi connectivity index (χ3n) is 5.74. The van der Waals surface area contributed by atoms with Gasteiger partial charge in [-0.05, 0) is 69.5 Å². The molecule has 1 amide bonds. The fourth-order valence-corrected chi connectivity index (χ4v) is 4.68. The summed E-state index contributed by atoms with van der Waals surface area (Å²) >= 11 is 15.6. The summed E-state index contributed by atoms with van der Waals surface area (Å²) in [5, 5.41) is 5.92. The van der Waals surface area contributed by atoms with Crippen LogP contribution in [0.2, 0.25) is 10.0 Å². The van der Waals surface area contributed by atoms with Crippen LogP contribution in [-0.4, -0.2) is 17.1 Å². The second-order valence-corrected chi connectivity index (χ2v) is 10.0. The molecule has 0 aliphatic carbocycles. The van der Waals surface area contributed by atoms with Crippen molar-refractivity contribution in [1.82, 2.24) is 10.4 Å². The van der Waals surface area contributed by atoms with Crippen LogP contribution in [0.15, 0.2) is 107 Å². The van der Waals surface area contributed by atoms with Crippen molar-refractivity contribution >= 4 is 62.2 Å². The molecule has 38 heavy (non-hydrogen) atoms. The van der Waals surface area contributed by atoms with Crippen molar-refractivity contribution in [3.8, 4) is 17.0 Å². The summed E-state index contributed by atoms with van der Waals surface area (Å²) in [5.74, 6) is 0.339. The lowest BCUT2D eigenvalue weighted by Crippen LogP contribution is -2.18. The first-order chi connectivity index (χ1) is 18.5. The molecule has 0 saturated carbocycles. The van der Waals surface area contributed by atoms with Gasteiger partial charge in [0.05, 0.1) is 37.5 Å². The van der Waals surface area contributed by atoms with E-state index < -0.39 is 0 Å². The molecule has 0 bridgehead atoms. The second-order valence-electron chi connectivity index (χ2n) is 8.36.